The van der Waals surface area contributed by atoms with E-state index in [0.717, 1.165) is 18.9 Å². The van der Waals surface area contributed by atoms with Crippen LogP contribution in [-0.2, 0) is 4.79 Å². The van der Waals surface area contributed by atoms with Crippen LogP contribution in [0.4, 0.5) is 17.1 Å². The summed E-state index contributed by atoms with van der Waals surface area (Å²) >= 11 is 0. The number of non-ortho nitro benzene ring substituents is 1. The molecular weight excluding hydrogens is 292 g/mol. The van der Waals surface area contributed by atoms with Crippen LogP contribution < -0.4 is 11.1 Å². The number of nitro groups is 2. The van der Waals surface area contributed by atoms with Crippen molar-refractivity contribution in [3.8, 4) is 0 Å². The molecule has 118 valence electrons. The van der Waals surface area contributed by atoms with Crippen LogP contribution in [0.5, 0.6) is 0 Å². The first-order valence-corrected chi connectivity index (χ1v) is 6.89. The first-order chi connectivity index (χ1) is 10.4. The van der Waals surface area contributed by atoms with E-state index in [2.05, 4.69) is 5.32 Å². The number of amides is 1. The first-order valence-electron chi connectivity index (χ1n) is 6.89. The average molecular weight is 308 g/mol. The smallest absolute Gasteiger partial charge is 0.299 e. The number of carbonyl (C=O) groups is 1. The molecule has 22 heavy (non-hydrogen) atoms. The number of benzene rings is 1. The number of primary amides is 1. The topological polar surface area (TPSA) is 141 Å². The van der Waals surface area contributed by atoms with Crippen LogP contribution in [0.1, 0.15) is 25.7 Å². The molecule has 2 rings (SSSR count). The Bertz CT molecular complexity index is 618. The summed E-state index contributed by atoms with van der Waals surface area (Å²) in [5.41, 5.74) is 4.79. The maximum atomic E-state index is 11.5. The maximum absolute atomic E-state index is 11.5. The highest BCUT2D eigenvalue weighted by Gasteiger charge is 2.31. The molecule has 0 aliphatic heterocycles. The summed E-state index contributed by atoms with van der Waals surface area (Å²) in [6.07, 6.45) is 3.08. The van der Waals surface area contributed by atoms with Gasteiger partial charge in [0.2, 0.25) is 5.91 Å². The molecule has 2 atom stereocenters. The molecule has 9 nitrogen and oxygen atoms in total. The van der Waals surface area contributed by atoms with Gasteiger partial charge in [0.05, 0.1) is 21.8 Å². The molecule has 1 aromatic carbocycles. The maximum Gasteiger partial charge on any atom is 0.299 e. The largest absolute Gasteiger partial charge is 0.376 e. The van der Waals surface area contributed by atoms with Crippen LogP contribution in [0.25, 0.3) is 0 Å². The lowest BCUT2D eigenvalue weighted by Crippen LogP contribution is -2.40. The van der Waals surface area contributed by atoms with E-state index in [9.17, 15) is 25.0 Å². The summed E-state index contributed by atoms with van der Waals surface area (Å²) in [6, 6.07) is 3.09. The summed E-state index contributed by atoms with van der Waals surface area (Å²) in [5, 5.41) is 24.8. The monoisotopic (exact) mass is 308 g/mol. The van der Waals surface area contributed by atoms with Gasteiger partial charge in [-0.3, -0.25) is 25.0 Å². The van der Waals surface area contributed by atoms with Gasteiger partial charge in [0, 0.05) is 12.1 Å². The minimum atomic E-state index is -0.691. The Labute approximate surface area is 125 Å². The van der Waals surface area contributed by atoms with E-state index in [0.29, 0.717) is 12.8 Å². The predicted octanol–water partition coefficient (Wildman–Crippen LogP) is 1.96. The highest BCUT2D eigenvalue weighted by molar-refractivity contribution is 5.78. The van der Waals surface area contributed by atoms with Crippen molar-refractivity contribution in [1.29, 1.82) is 0 Å². The van der Waals surface area contributed by atoms with Crippen molar-refractivity contribution in [2.24, 2.45) is 11.7 Å². The number of hydrogen-bond donors (Lipinski definition) is 2. The Hall–Kier alpha value is -2.71. The lowest BCUT2D eigenvalue weighted by atomic mass is 9.84. The van der Waals surface area contributed by atoms with Crippen LogP contribution >= 0.6 is 0 Å². The second-order valence-electron chi connectivity index (χ2n) is 5.26. The van der Waals surface area contributed by atoms with Gasteiger partial charge in [-0.05, 0) is 18.9 Å². The molecule has 1 aliphatic rings. The molecule has 0 saturated heterocycles. The molecule has 3 N–H and O–H groups in total. The number of rotatable bonds is 5. The van der Waals surface area contributed by atoms with Gasteiger partial charge in [-0.2, -0.15) is 0 Å². The third kappa shape index (κ3) is 3.30. The Kier molecular flexibility index (Phi) is 4.54. The van der Waals surface area contributed by atoms with E-state index < -0.39 is 21.7 Å². The number of hydrogen-bond acceptors (Lipinski definition) is 6. The van der Waals surface area contributed by atoms with Crippen molar-refractivity contribution in [1.82, 2.24) is 0 Å². The Morgan fingerprint density at radius 2 is 1.86 bits per heavy atom. The summed E-state index contributed by atoms with van der Waals surface area (Å²) in [7, 11) is 0. The van der Waals surface area contributed by atoms with Crippen molar-refractivity contribution in [2.75, 3.05) is 5.32 Å². The van der Waals surface area contributed by atoms with Crippen molar-refractivity contribution in [2.45, 2.75) is 31.7 Å². The SMILES string of the molecule is NC(=O)C1CCCCC1Nc1ccc([N+](=O)[O-])cc1[N+](=O)[O-]. The molecule has 0 heterocycles. The molecule has 9 heteroatoms. The normalized spacial score (nSPS) is 21.1. The van der Waals surface area contributed by atoms with Gasteiger partial charge in [0.25, 0.3) is 11.4 Å². The van der Waals surface area contributed by atoms with Gasteiger partial charge < -0.3 is 11.1 Å². The number of nitro benzene ring substituents is 2. The molecule has 1 fully saturated rings. The van der Waals surface area contributed by atoms with Crippen molar-refractivity contribution < 1.29 is 14.6 Å². The quantitative estimate of drug-likeness (QED) is 0.629. The summed E-state index contributed by atoms with van der Waals surface area (Å²) < 4.78 is 0. The molecule has 1 aliphatic carbocycles. The van der Waals surface area contributed by atoms with E-state index in [1.807, 2.05) is 0 Å². The van der Waals surface area contributed by atoms with Crippen LogP contribution in [0.2, 0.25) is 0 Å². The zero-order chi connectivity index (χ0) is 16.3. The molecule has 1 amide bonds. The Balaban J connectivity index is 2.29. The fraction of sp³-hybridized carbons (Fsp3) is 0.462. The first kappa shape index (κ1) is 15.7. The van der Waals surface area contributed by atoms with Gasteiger partial charge in [-0.1, -0.05) is 12.8 Å². The second-order valence-corrected chi connectivity index (χ2v) is 5.26. The molecule has 0 radical (unpaired) electrons. The lowest BCUT2D eigenvalue weighted by molar-refractivity contribution is -0.393. The van der Waals surface area contributed by atoms with E-state index in [1.54, 1.807) is 0 Å². The molecule has 0 aromatic heterocycles. The molecule has 0 bridgehead atoms. The summed E-state index contributed by atoms with van der Waals surface area (Å²) in [6.45, 7) is 0. The van der Waals surface area contributed by atoms with Gasteiger partial charge in [0.15, 0.2) is 0 Å². The number of anilines is 1. The average Bonchev–Trinajstić information content (AvgIpc) is 2.47. The zero-order valence-corrected chi connectivity index (χ0v) is 11.7. The molecule has 2 unspecified atom stereocenters. The third-order valence-electron chi connectivity index (χ3n) is 3.86. The highest BCUT2D eigenvalue weighted by atomic mass is 16.6. The Morgan fingerprint density at radius 1 is 1.18 bits per heavy atom. The van der Waals surface area contributed by atoms with Crippen molar-refractivity contribution in [3.63, 3.8) is 0 Å². The third-order valence-corrected chi connectivity index (χ3v) is 3.86. The van der Waals surface area contributed by atoms with Crippen LogP contribution in [-0.4, -0.2) is 21.8 Å². The molecule has 0 spiro atoms. The second kappa shape index (κ2) is 6.37. The fourth-order valence-electron chi connectivity index (χ4n) is 2.75. The minimum Gasteiger partial charge on any atom is -0.376 e. The summed E-state index contributed by atoms with van der Waals surface area (Å²) in [5.74, 6) is -0.842. The van der Waals surface area contributed by atoms with Gasteiger partial charge in [-0.25, -0.2) is 0 Å². The number of nitrogens with one attached hydrogen (secondary N) is 1. The Morgan fingerprint density at radius 3 is 2.45 bits per heavy atom. The molecule has 1 aromatic rings. The predicted molar refractivity (Wildman–Crippen MR) is 78.3 cm³/mol. The van der Waals surface area contributed by atoms with E-state index in [-0.39, 0.29) is 23.1 Å². The zero-order valence-electron chi connectivity index (χ0n) is 11.7. The van der Waals surface area contributed by atoms with E-state index in [4.69, 9.17) is 5.73 Å². The number of nitrogens with two attached hydrogens (primary N) is 1. The summed E-state index contributed by atoms with van der Waals surface area (Å²) in [4.78, 5) is 31.9. The lowest BCUT2D eigenvalue weighted by Gasteiger charge is -2.30. The van der Waals surface area contributed by atoms with Crippen molar-refractivity contribution in [3.05, 3.63) is 38.4 Å². The standard InChI is InChI=1S/C13H16N4O5/c14-13(18)9-3-1-2-4-10(9)15-11-6-5-8(16(19)20)7-12(11)17(21)22/h5-7,9-10,15H,1-4H2,(H2,14,18). The fourth-order valence-corrected chi connectivity index (χ4v) is 2.75. The highest BCUT2D eigenvalue weighted by Crippen LogP contribution is 2.33. The van der Waals surface area contributed by atoms with Crippen molar-refractivity contribution >= 4 is 23.0 Å². The number of carbonyl (C=O) groups excluding carboxylic acids is 1. The van der Waals surface area contributed by atoms with Crippen LogP contribution in [0, 0.1) is 26.1 Å². The molecular formula is C13H16N4O5. The van der Waals surface area contributed by atoms with Gasteiger partial charge >= 0.3 is 0 Å². The van der Waals surface area contributed by atoms with E-state index >= 15 is 0 Å². The van der Waals surface area contributed by atoms with Gasteiger partial charge in [-0.15, -0.1) is 0 Å². The van der Waals surface area contributed by atoms with E-state index in [1.165, 1.54) is 12.1 Å². The van der Waals surface area contributed by atoms with Crippen LogP contribution in [0.3, 0.4) is 0 Å². The number of nitrogens with zero attached hydrogens (tertiary/aromatic N) is 2. The van der Waals surface area contributed by atoms with Gasteiger partial charge in [0.1, 0.15) is 5.69 Å². The van der Waals surface area contributed by atoms with Crippen LogP contribution in [0.15, 0.2) is 18.2 Å². The minimum absolute atomic E-state index is 0.161. The molecule has 1 saturated carbocycles.